The molecule has 3 rings (SSSR count). The molecule has 1 aliphatic heterocycles. The van der Waals surface area contributed by atoms with Crippen LogP contribution in [0.2, 0.25) is 0 Å². The van der Waals surface area contributed by atoms with Gasteiger partial charge in [0.05, 0.1) is 17.4 Å². The fourth-order valence-corrected chi connectivity index (χ4v) is 2.73. The van der Waals surface area contributed by atoms with Crippen molar-refractivity contribution in [1.29, 1.82) is 0 Å². The normalized spacial score (nSPS) is 15.2. The van der Waals surface area contributed by atoms with E-state index >= 15 is 0 Å². The van der Waals surface area contributed by atoms with Gasteiger partial charge in [-0.3, -0.25) is 4.79 Å². The lowest BCUT2D eigenvalue weighted by Crippen LogP contribution is -2.45. The van der Waals surface area contributed by atoms with Gasteiger partial charge in [-0.15, -0.1) is 0 Å². The second kappa shape index (κ2) is 8.14. The molecule has 1 aromatic carbocycles. The standard InChI is InChI=1S/C19H25N5O2/c1-14(2)26-17-7-5-4-6-16(17)22-18(25)15-12-20-19(21-13-15)24-10-8-23(3)9-11-24/h4-7,12-14H,8-11H2,1-3H3,(H,22,25). The maximum Gasteiger partial charge on any atom is 0.258 e. The summed E-state index contributed by atoms with van der Waals surface area (Å²) in [6.45, 7) is 7.65. The first-order chi connectivity index (χ1) is 12.5. The second-order valence-electron chi connectivity index (χ2n) is 6.68. The van der Waals surface area contributed by atoms with Gasteiger partial charge in [-0.2, -0.15) is 0 Å². The Balaban J connectivity index is 1.67. The first kappa shape index (κ1) is 18.1. The minimum atomic E-state index is -0.255. The van der Waals surface area contributed by atoms with Gasteiger partial charge in [-0.25, -0.2) is 9.97 Å². The van der Waals surface area contributed by atoms with Crippen molar-refractivity contribution in [2.75, 3.05) is 43.4 Å². The van der Waals surface area contributed by atoms with Gasteiger partial charge in [0.2, 0.25) is 5.95 Å². The highest BCUT2D eigenvalue weighted by atomic mass is 16.5. The fraction of sp³-hybridized carbons (Fsp3) is 0.421. The van der Waals surface area contributed by atoms with Crippen LogP contribution < -0.4 is 15.0 Å². The van der Waals surface area contributed by atoms with Gasteiger partial charge in [0.1, 0.15) is 5.75 Å². The number of nitrogens with one attached hydrogen (secondary N) is 1. The van der Waals surface area contributed by atoms with Crippen LogP contribution in [-0.2, 0) is 0 Å². The summed E-state index contributed by atoms with van der Waals surface area (Å²) in [5.74, 6) is 1.05. The largest absolute Gasteiger partial charge is 0.489 e. The molecule has 1 aliphatic rings. The van der Waals surface area contributed by atoms with Crippen LogP contribution >= 0.6 is 0 Å². The first-order valence-corrected chi connectivity index (χ1v) is 8.85. The van der Waals surface area contributed by atoms with Gasteiger partial charge in [-0.1, -0.05) is 12.1 Å². The van der Waals surface area contributed by atoms with Crippen molar-refractivity contribution in [2.24, 2.45) is 0 Å². The molecule has 0 atom stereocenters. The SMILES string of the molecule is CC(C)Oc1ccccc1NC(=O)c1cnc(N2CCN(C)CC2)nc1. The number of para-hydroxylation sites is 2. The molecule has 1 saturated heterocycles. The van der Waals surface area contributed by atoms with Crippen molar-refractivity contribution in [2.45, 2.75) is 20.0 Å². The van der Waals surface area contributed by atoms with Crippen LogP contribution in [0.25, 0.3) is 0 Å². The van der Waals surface area contributed by atoms with Crippen molar-refractivity contribution < 1.29 is 9.53 Å². The molecule has 0 unspecified atom stereocenters. The number of likely N-dealkylation sites (N-methyl/N-ethyl adjacent to an activating group) is 1. The zero-order chi connectivity index (χ0) is 18.5. The van der Waals surface area contributed by atoms with Gasteiger partial charge < -0.3 is 19.9 Å². The van der Waals surface area contributed by atoms with Gasteiger partial charge >= 0.3 is 0 Å². The molecule has 0 saturated carbocycles. The Morgan fingerprint density at radius 3 is 2.42 bits per heavy atom. The van der Waals surface area contributed by atoms with Crippen molar-refractivity contribution in [3.63, 3.8) is 0 Å². The molecule has 2 heterocycles. The molecule has 1 aromatic heterocycles. The highest BCUT2D eigenvalue weighted by Gasteiger charge is 2.17. The van der Waals surface area contributed by atoms with Crippen molar-refractivity contribution in [1.82, 2.24) is 14.9 Å². The Labute approximate surface area is 154 Å². The predicted molar refractivity (Wildman–Crippen MR) is 102 cm³/mol. The molecule has 0 radical (unpaired) electrons. The number of hydrogen-bond acceptors (Lipinski definition) is 6. The van der Waals surface area contributed by atoms with E-state index in [1.165, 1.54) is 0 Å². The fourth-order valence-electron chi connectivity index (χ4n) is 2.73. The molecule has 26 heavy (non-hydrogen) atoms. The summed E-state index contributed by atoms with van der Waals surface area (Å²) in [6, 6.07) is 7.38. The summed E-state index contributed by atoms with van der Waals surface area (Å²) in [5.41, 5.74) is 1.05. The van der Waals surface area contributed by atoms with Gasteiger partial charge in [0.25, 0.3) is 5.91 Å². The van der Waals surface area contributed by atoms with Crippen LogP contribution in [-0.4, -0.2) is 60.1 Å². The van der Waals surface area contributed by atoms with Crippen LogP contribution in [0.5, 0.6) is 5.75 Å². The maximum absolute atomic E-state index is 12.5. The average Bonchev–Trinajstić information content (AvgIpc) is 2.64. The third-order valence-electron chi connectivity index (χ3n) is 4.18. The number of rotatable bonds is 5. The van der Waals surface area contributed by atoms with Crippen molar-refractivity contribution in [3.8, 4) is 5.75 Å². The minimum Gasteiger partial charge on any atom is -0.489 e. The lowest BCUT2D eigenvalue weighted by molar-refractivity contribution is 0.102. The van der Waals surface area contributed by atoms with Crippen LogP contribution in [0.3, 0.4) is 0 Å². The molecule has 0 aliphatic carbocycles. The Morgan fingerprint density at radius 2 is 1.77 bits per heavy atom. The van der Waals surface area contributed by atoms with Gasteiger partial charge in [0, 0.05) is 38.6 Å². The molecule has 0 spiro atoms. The molecule has 7 heteroatoms. The molecule has 1 amide bonds. The Morgan fingerprint density at radius 1 is 1.12 bits per heavy atom. The Bertz CT molecular complexity index is 740. The number of anilines is 2. The van der Waals surface area contributed by atoms with E-state index in [0.717, 1.165) is 26.2 Å². The molecular formula is C19H25N5O2. The van der Waals surface area contributed by atoms with E-state index in [1.54, 1.807) is 12.4 Å². The van der Waals surface area contributed by atoms with E-state index in [9.17, 15) is 4.79 Å². The predicted octanol–water partition coefficient (Wildman–Crippen LogP) is 2.27. The number of benzene rings is 1. The van der Waals surface area contributed by atoms with Crippen LogP contribution in [0.15, 0.2) is 36.7 Å². The van der Waals surface area contributed by atoms with E-state index in [-0.39, 0.29) is 12.0 Å². The zero-order valence-electron chi connectivity index (χ0n) is 15.5. The number of nitrogens with zero attached hydrogens (tertiary/aromatic N) is 4. The molecule has 1 fully saturated rings. The van der Waals surface area contributed by atoms with Crippen LogP contribution in [0.1, 0.15) is 24.2 Å². The van der Waals surface area contributed by atoms with E-state index < -0.39 is 0 Å². The van der Waals surface area contributed by atoms with E-state index in [4.69, 9.17) is 4.74 Å². The van der Waals surface area contributed by atoms with Crippen molar-refractivity contribution in [3.05, 3.63) is 42.2 Å². The first-order valence-electron chi connectivity index (χ1n) is 8.85. The summed E-state index contributed by atoms with van der Waals surface area (Å²) < 4.78 is 5.73. The molecule has 1 N–H and O–H groups in total. The number of piperazine rings is 1. The van der Waals surface area contributed by atoms with E-state index in [0.29, 0.717) is 22.9 Å². The summed E-state index contributed by atoms with van der Waals surface area (Å²) in [7, 11) is 2.10. The lowest BCUT2D eigenvalue weighted by Gasteiger charge is -2.32. The van der Waals surface area contributed by atoms with E-state index in [2.05, 4.69) is 32.1 Å². The van der Waals surface area contributed by atoms with Gasteiger partial charge in [-0.05, 0) is 33.0 Å². The lowest BCUT2D eigenvalue weighted by atomic mass is 10.2. The Kier molecular flexibility index (Phi) is 5.68. The van der Waals surface area contributed by atoms with Crippen molar-refractivity contribution >= 4 is 17.5 Å². The Hall–Kier alpha value is -2.67. The molecule has 138 valence electrons. The van der Waals surface area contributed by atoms with Crippen LogP contribution in [0.4, 0.5) is 11.6 Å². The quantitative estimate of drug-likeness (QED) is 0.887. The number of amides is 1. The zero-order valence-corrected chi connectivity index (χ0v) is 15.5. The third-order valence-corrected chi connectivity index (χ3v) is 4.18. The summed E-state index contributed by atoms with van der Waals surface area (Å²) in [6.07, 6.45) is 3.17. The third kappa shape index (κ3) is 4.49. The number of carbonyl (C=O) groups is 1. The number of ether oxygens (including phenoxy) is 1. The minimum absolute atomic E-state index is 0.0271. The molecule has 7 nitrogen and oxygen atoms in total. The average molecular weight is 355 g/mol. The number of aromatic nitrogens is 2. The highest BCUT2D eigenvalue weighted by molar-refractivity contribution is 6.04. The summed E-state index contributed by atoms with van der Waals surface area (Å²) >= 11 is 0. The monoisotopic (exact) mass is 355 g/mol. The highest BCUT2D eigenvalue weighted by Crippen LogP contribution is 2.25. The molecule has 0 bridgehead atoms. The summed E-state index contributed by atoms with van der Waals surface area (Å²) in [5, 5.41) is 2.87. The molecular weight excluding hydrogens is 330 g/mol. The topological polar surface area (TPSA) is 70.6 Å². The number of carbonyl (C=O) groups excluding carboxylic acids is 1. The molecule has 2 aromatic rings. The smallest absolute Gasteiger partial charge is 0.258 e. The van der Waals surface area contributed by atoms with Crippen LogP contribution in [0, 0.1) is 0 Å². The maximum atomic E-state index is 12.5. The second-order valence-corrected chi connectivity index (χ2v) is 6.68. The van der Waals surface area contributed by atoms with Gasteiger partial charge in [0.15, 0.2) is 0 Å². The summed E-state index contributed by atoms with van der Waals surface area (Å²) in [4.78, 5) is 25.7. The number of hydrogen-bond donors (Lipinski definition) is 1. The van der Waals surface area contributed by atoms with E-state index in [1.807, 2.05) is 38.1 Å².